The number of aromatic nitrogens is 2. The van der Waals surface area contributed by atoms with Gasteiger partial charge in [-0.05, 0) is 25.8 Å². The first-order valence-electron chi connectivity index (χ1n) is 5.41. The van der Waals surface area contributed by atoms with Gasteiger partial charge in [-0.25, -0.2) is 0 Å². The molecule has 1 rings (SSSR count). The zero-order chi connectivity index (χ0) is 11.4. The topological polar surface area (TPSA) is 29.9 Å². The Labute approximate surface area is 96.8 Å². The molecule has 0 amide bonds. The van der Waals surface area contributed by atoms with Gasteiger partial charge in [0.15, 0.2) is 0 Å². The largest absolute Gasteiger partial charge is 0.311 e. The van der Waals surface area contributed by atoms with Crippen LogP contribution in [0.25, 0.3) is 0 Å². The molecule has 0 aliphatic heterocycles. The van der Waals surface area contributed by atoms with Crippen LogP contribution >= 0.6 is 11.6 Å². The van der Waals surface area contributed by atoms with Crippen molar-refractivity contribution in [3.8, 4) is 0 Å². The van der Waals surface area contributed by atoms with Gasteiger partial charge in [-0.2, -0.15) is 5.10 Å². The Morgan fingerprint density at radius 3 is 2.60 bits per heavy atom. The average molecular weight is 230 g/mol. The van der Waals surface area contributed by atoms with E-state index in [2.05, 4.69) is 24.3 Å². The van der Waals surface area contributed by atoms with Crippen LogP contribution in [0.3, 0.4) is 0 Å². The molecule has 0 unspecified atom stereocenters. The smallest absolute Gasteiger partial charge is 0.0860 e. The van der Waals surface area contributed by atoms with Crippen molar-refractivity contribution in [2.45, 2.75) is 33.7 Å². The normalized spacial score (nSPS) is 11.3. The molecule has 4 heteroatoms. The van der Waals surface area contributed by atoms with Crippen LogP contribution in [-0.4, -0.2) is 16.3 Å². The van der Waals surface area contributed by atoms with Gasteiger partial charge >= 0.3 is 0 Å². The highest BCUT2D eigenvalue weighted by Crippen LogP contribution is 2.18. The van der Waals surface area contributed by atoms with Crippen LogP contribution in [0, 0.1) is 12.8 Å². The fourth-order valence-electron chi connectivity index (χ4n) is 1.47. The molecule has 0 aliphatic carbocycles. The summed E-state index contributed by atoms with van der Waals surface area (Å²) in [5.74, 6) is 0.737. The molecule has 3 nitrogen and oxygen atoms in total. The van der Waals surface area contributed by atoms with E-state index < -0.39 is 0 Å². The number of nitrogens with one attached hydrogen (secondary N) is 1. The molecule has 0 bridgehead atoms. The highest BCUT2D eigenvalue weighted by atomic mass is 35.5. The van der Waals surface area contributed by atoms with Crippen molar-refractivity contribution in [1.82, 2.24) is 15.1 Å². The van der Waals surface area contributed by atoms with Crippen LogP contribution in [0.2, 0.25) is 5.02 Å². The van der Waals surface area contributed by atoms with Crippen molar-refractivity contribution in [3.05, 3.63) is 16.4 Å². The molecule has 0 radical (unpaired) electrons. The molecule has 0 fully saturated rings. The van der Waals surface area contributed by atoms with Gasteiger partial charge in [0.2, 0.25) is 0 Å². The number of hydrogen-bond donors (Lipinski definition) is 1. The van der Waals surface area contributed by atoms with Crippen molar-refractivity contribution in [1.29, 1.82) is 0 Å². The van der Waals surface area contributed by atoms with Gasteiger partial charge in [-0.1, -0.05) is 25.4 Å². The fourth-order valence-corrected chi connectivity index (χ4v) is 1.70. The molecule has 0 saturated heterocycles. The maximum absolute atomic E-state index is 6.13. The summed E-state index contributed by atoms with van der Waals surface area (Å²) in [6.07, 6.45) is 1.19. The standard InChI is InChI=1S/C11H20ClN3/c1-8(2)5-6-13-7-10-11(12)9(3)14-15(10)4/h8,13H,5-7H2,1-4H3. The SMILES string of the molecule is Cc1nn(C)c(CNCCC(C)C)c1Cl. The van der Waals surface area contributed by atoms with E-state index in [9.17, 15) is 0 Å². The Bertz CT molecular complexity index is 318. The van der Waals surface area contributed by atoms with E-state index in [0.717, 1.165) is 35.4 Å². The molecule has 0 atom stereocenters. The molecule has 0 aliphatic rings. The lowest BCUT2D eigenvalue weighted by Gasteiger charge is -2.07. The minimum Gasteiger partial charge on any atom is -0.311 e. The maximum Gasteiger partial charge on any atom is 0.0860 e. The molecule has 86 valence electrons. The minimum absolute atomic E-state index is 0.737. The quantitative estimate of drug-likeness (QED) is 0.787. The van der Waals surface area contributed by atoms with Crippen molar-refractivity contribution in [2.24, 2.45) is 13.0 Å². The molecular weight excluding hydrogens is 210 g/mol. The van der Waals surface area contributed by atoms with Gasteiger partial charge in [0, 0.05) is 13.6 Å². The highest BCUT2D eigenvalue weighted by molar-refractivity contribution is 6.31. The summed E-state index contributed by atoms with van der Waals surface area (Å²) in [7, 11) is 1.93. The number of rotatable bonds is 5. The van der Waals surface area contributed by atoms with Crippen molar-refractivity contribution in [2.75, 3.05) is 6.54 Å². The second-order valence-corrected chi connectivity index (χ2v) is 4.71. The van der Waals surface area contributed by atoms with Crippen LogP contribution in [0.4, 0.5) is 0 Å². The molecule has 0 aromatic carbocycles. The number of nitrogens with zero attached hydrogens (tertiary/aromatic N) is 2. The Morgan fingerprint density at radius 1 is 1.47 bits per heavy atom. The van der Waals surface area contributed by atoms with Crippen LogP contribution in [-0.2, 0) is 13.6 Å². The first-order chi connectivity index (χ1) is 7.02. The van der Waals surface area contributed by atoms with Crippen molar-refractivity contribution >= 4 is 11.6 Å². The predicted molar refractivity (Wildman–Crippen MR) is 64.1 cm³/mol. The van der Waals surface area contributed by atoms with Crippen LogP contribution in [0.1, 0.15) is 31.7 Å². The van der Waals surface area contributed by atoms with Crippen LogP contribution < -0.4 is 5.32 Å². The number of aryl methyl sites for hydroxylation is 2. The Kier molecular flexibility index (Phi) is 4.61. The summed E-state index contributed by atoms with van der Waals surface area (Å²) in [5, 5.41) is 8.44. The second kappa shape index (κ2) is 5.52. The molecule has 1 aromatic rings. The average Bonchev–Trinajstić information content (AvgIpc) is 2.37. The van der Waals surface area contributed by atoms with Crippen molar-refractivity contribution < 1.29 is 0 Å². The van der Waals surface area contributed by atoms with Gasteiger partial charge in [-0.15, -0.1) is 0 Å². The number of halogens is 1. The van der Waals surface area contributed by atoms with Gasteiger partial charge in [0.1, 0.15) is 0 Å². The summed E-state index contributed by atoms with van der Waals surface area (Å²) in [5.41, 5.74) is 1.97. The van der Waals surface area contributed by atoms with E-state index in [4.69, 9.17) is 11.6 Å². The Morgan fingerprint density at radius 2 is 2.13 bits per heavy atom. The summed E-state index contributed by atoms with van der Waals surface area (Å²) < 4.78 is 1.85. The third-order valence-corrected chi connectivity index (χ3v) is 2.94. The zero-order valence-corrected chi connectivity index (χ0v) is 10.7. The summed E-state index contributed by atoms with van der Waals surface area (Å²) >= 11 is 6.13. The third kappa shape index (κ3) is 3.50. The van der Waals surface area contributed by atoms with Crippen LogP contribution in [0.15, 0.2) is 0 Å². The van der Waals surface area contributed by atoms with E-state index in [0.29, 0.717) is 0 Å². The third-order valence-electron chi connectivity index (χ3n) is 2.45. The molecule has 1 N–H and O–H groups in total. The lowest BCUT2D eigenvalue weighted by molar-refractivity contribution is 0.527. The Hall–Kier alpha value is -0.540. The minimum atomic E-state index is 0.737. The van der Waals surface area contributed by atoms with Gasteiger partial charge in [0.25, 0.3) is 0 Å². The van der Waals surface area contributed by atoms with E-state index in [1.807, 2.05) is 18.7 Å². The molecule has 1 aromatic heterocycles. The molecule has 0 saturated carbocycles. The zero-order valence-electron chi connectivity index (χ0n) is 9.97. The van der Waals surface area contributed by atoms with Gasteiger partial charge in [-0.3, -0.25) is 4.68 Å². The summed E-state index contributed by atoms with van der Waals surface area (Å²) in [6, 6.07) is 0. The Balaban J connectivity index is 2.44. The first-order valence-corrected chi connectivity index (χ1v) is 5.78. The van der Waals surface area contributed by atoms with E-state index in [1.54, 1.807) is 0 Å². The highest BCUT2D eigenvalue weighted by Gasteiger charge is 2.09. The predicted octanol–water partition coefficient (Wildman–Crippen LogP) is 2.52. The maximum atomic E-state index is 6.13. The molecule has 0 spiro atoms. The monoisotopic (exact) mass is 229 g/mol. The first kappa shape index (κ1) is 12.5. The van der Waals surface area contributed by atoms with Gasteiger partial charge < -0.3 is 5.32 Å². The van der Waals surface area contributed by atoms with Crippen LogP contribution in [0.5, 0.6) is 0 Å². The summed E-state index contributed by atoms with van der Waals surface area (Å²) in [6.45, 7) is 8.20. The molecule has 1 heterocycles. The summed E-state index contributed by atoms with van der Waals surface area (Å²) in [4.78, 5) is 0. The van der Waals surface area contributed by atoms with E-state index >= 15 is 0 Å². The molecule has 15 heavy (non-hydrogen) atoms. The van der Waals surface area contributed by atoms with E-state index in [-0.39, 0.29) is 0 Å². The fraction of sp³-hybridized carbons (Fsp3) is 0.727. The second-order valence-electron chi connectivity index (χ2n) is 4.33. The number of hydrogen-bond acceptors (Lipinski definition) is 2. The lowest BCUT2D eigenvalue weighted by atomic mass is 10.1. The molecular formula is C11H20ClN3. The lowest BCUT2D eigenvalue weighted by Crippen LogP contribution is -2.18. The van der Waals surface area contributed by atoms with Gasteiger partial charge in [0.05, 0.1) is 16.4 Å². The van der Waals surface area contributed by atoms with Crippen molar-refractivity contribution in [3.63, 3.8) is 0 Å². The van der Waals surface area contributed by atoms with E-state index in [1.165, 1.54) is 6.42 Å².